The lowest BCUT2D eigenvalue weighted by Gasteiger charge is -2.21. The molecule has 0 aromatic carbocycles. The van der Waals surface area contributed by atoms with E-state index in [2.05, 4.69) is 10.5 Å². The van der Waals surface area contributed by atoms with E-state index in [9.17, 15) is 14.0 Å². The van der Waals surface area contributed by atoms with Gasteiger partial charge in [-0.3, -0.25) is 4.79 Å². The number of hydrogen-bond acceptors (Lipinski definition) is 4. The van der Waals surface area contributed by atoms with Gasteiger partial charge < -0.3 is 15.2 Å². The van der Waals surface area contributed by atoms with Gasteiger partial charge in [0.15, 0.2) is 0 Å². The molecule has 0 aromatic rings. The summed E-state index contributed by atoms with van der Waals surface area (Å²) in [6.07, 6.45) is -2.79. The molecule has 0 saturated heterocycles. The van der Waals surface area contributed by atoms with Gasteiger partial charge in [0.1, 0.15) is 0 Å². The van der Waals surface area contributed by atoms with Crippen LogP contribution in [-0.2, 0) is 14.3 Å². The van der Waals surface area contributed by atoms with Crippen LogP contribution in [0.2, 0.25) is 0 Å². The highest BCUT2D eigenvalue weighted by molar-refractivity contribution is 5.77. The van der Waals surface area contributed by atoms with Crippen LogP contribution in [0.1, 0.15) is 20.8 Å². The van der Waals surface area contributed by atoms with Crippen molar-refractivity contribution in [1.29, 1.82) is 0 Å². The number of halogens is 1. The normalized spacial score (nSPS) is 13.4. The van der Waals surface area contributed by atoms with Crippen LogP contribution in [0.4, 0.5) is 9.18 Å². The van der Waals surface area contributed by atoms with Gasteiger partial charge in [-0.15, -0.1) is 0 Å². The van der Waals surface area contributed by atoms with Crippen molar-refractivity contribution in [1.82, 2.24) is 0 Å². The molecule has 0 rings (SSSR count). The molecule has 1 atom stereocenters. The summed E-state index contributed by atoms with van der Waals surface area (Å²) in [6, 6.07) is -1.78. The third-order valence-corrected chi connectivity index (χ3v) is 1.18. The Labute approximate surface area is 81.3 Å². The molecule has 5 nitrogen and oxygen atoms in total. The predicted octanol–water partition coefficient (Wildman–Crippen LogP) is 0.761. The standard InChI is InChI=1S/C8H14FNO4/c1-8(2,3)13-4-5(6(9)11)14-7(10)12/h5H,4H2,1-3H3,(H2,10,12)/t5-/m0/s1. The Balaban J connectivity index is 4.11. The third kappa shape index (κ3) is 6.36. The first kappa shape index (κ1) is 12.8. The van der Waals surface area contributed by atoms with Crippen LogP contribution in [0.25, 0.3) is 0 Å². The second kappa shape index (κ2) is 4.90. The minimum absolute atomic E-state index is 0.345. The van der Waals surface area contributed by atoms with E-state index in [4.69, 9.17) is 4.74 Å². The summed E-state index contributed by atoms with van der Waals surface area (Å²) in [5, 5.41) is 0. The second-order valence-corrected chi connectivity index (χ2v) is 3.65. The van der Waals surface area contributed by atoms with Crippen molar-refractivity contribution in [3.8, 4) is 0 Å². The molecule has 1 amide bonds. The number of ether oxygens (including phenoxy) is 2. The highest BCUT2D eigenvalue weighted by Crippen LogP contribution is 2.09. The maximum Gasteiger partial charge on any atom is 0.405 e. The largest absolute Gasteiger partial charge is 0.433 e. The lowest BCUT2D eigenvalue weighted by molar-refractivity contribution is -0.144. The Bertz CT molecular complexity index is 224. The molecule has 0 aliphatic heterocycles. The molecule has 0 unspecified atom stereocenters. The van der Waals surface area contributed by atoms with Gasteiger partial charge in [-0.25, -0.2) is 4.79 Å². The van der Waals surface area contributed by atoms with Crippen LogP contribution in [0, 0.1) is 0 Å². The van der Waals surface area contributed by atoms with Crippen LogP contribution >= 0.6 is 0 Å². The molecular formula is C8H14FNO4. The molecule has 0 bridgehead atoms. The number of primary amides is 1. The minimum Gasteiger partial charge on any atom is -0.433 e. The summed E-state index contributed by atoms with van der Waals surface area (Å²) in [6.45, 7) is 4.81. The van der Waals surface area contributed by atoms with E-state index in [-0.39, 0.29) is 6.61 Å². The van der Waals surface area contributed by atoms with Crippen molar-refractivity contribution in [3.63, 3.8) is 0 Å². The van der Waals surface area contributed by atoms with Crippen molar-refractivity contribution in [3.05, 3.63) is 0 Å². The minimum atomic E-state index is -1.78. The maximum atomic E-state index is 12.2. The Hall–Kier alpha value is -1.17. The lowest BCUT2D eigenvalue weighted by Crippen LogP contribution is -2.35. The van der Waals surface area contributed by atoms with E-state index in [1.165, 1.54) is 0 Å². The van der Waals surface area contributed by atoms with Crippen molar-refractivity contribution in [2.45, 2.75) is 32.5 Å². The average Bonchev–Trinajstić information content (AvgIpc) is 1.94. The molecule has 82 valence electrons. The van der Waals surface area contributed by atoms with E-state index in [0.717, 1.165) is 0 Å². The molecule has 0 fully saturated rings. The predicted molar refractivity (Wildman–Crippen MR) is 46.3 cm³/mol. The van der Waals surface area contributed by atoms with Gasteiger partial charge in [-0.1, -0.05) is 0 Å². The van der Waals surface area contributed by atoms with Gasteiger partial charge in [-0.2, -0.15) is 4.39 Å². The monoisotopic (exact) mass is 207 g/mol. The van der Waals surface area contributed by atoms with Gasteiger partial charge in [0.25, 0.3) is 0 Å². The molecule has 0 saturated carbocycles. The Morgan fingerprint density at radius 3 is 2.21 bits per heavy atom. The quantitative estimate of drug-likeness (QED) is 0.690. The Morgan fingerprint density at radius 1 is 1.43 bits per heavy atom. The summed E-state index contributed by atoms with van der Waals surface area (Å²) < 4.78 is 21.5. The summed E-state index contributed by atoms with van der Waals surface area (Å²) in [7, 11) is 0. The summed E-state index contributed by atoms with van der Waals surface area (Å²) in [5.74, 6) is 0. The Kier molecular flexibility index (Phi) is 4.49. The molecule has 0 radical (unpaired) electrons. The molecule has 0 heterocycles. The topological polar surface area (TPSA) is 78.6 Å². The van der Waals surface area contributed by atoms with Crippen LogP contribution in [0.5, 0.6) is 0 Å². The van der Waals surface area contributed by atoms with Crippen molar-refractivity contribution in [2.24, 2.45) is 5.73 Å². The maximum absolute atomic E-state index is 12.2. The summed E-state index contributed by atoms with van der Waals surface area (Å²) >= 11 is 0. The van der Waals surface area contributed by atoms with Crippen LogP contribution in [0.15, 0.2) is 0 Å². The first-order valence-corrected chi connectivity index (χ1v) is 4.02. The number of amides is 1. The molecule has 2 N–H and O–H groups in total. The van der Waals surface area contributed by atoms with E-state index in [1.54, 1.807) is 20.8 Å². The third-order valence-electron chi connectivity index (χ3n) is 1.18. The van der Waals surface area contributed by atoms with E-state index in [0.29, 0.717) is 0 Å². The fraction of sp³-hybridized carbons (Fsp3) is 0.750. The molecule has 6 heteroatoms. The zero-order valence-electron chi connectivity index (χ0n) is 8.37. The van der Waals surface area contributed by atoms with Gasteiger partial charge in [0.05, 0.1) is 12.2 Å². The van der Waals surface area contributed by atoms with Crippen molar-refractivity contribution in [2.75, 3.05) is 6.61 Å². The lowest BCUT2D eigenvalue weighted by atomic mass is 10.2. The molecule has 14 heavy (non-hydrogen) atoms. The van der Waals surface area contributed by atoms with Crippen LogP contribution in [0.3, 0.4) is 0 Å². The zero-order chi connectivity index (χ0) is 11.4. The smallest absolute Gasteiger partial charge is 0.405 e. The molecular weight excluding hydrogens is 193 g/mol. The highest BCUT2D eigenvalue weighted by atomic mass is 19.1. The number of carbonyl (C=O) groups excluding carboxylic acids is 2. The fourth-order valence-corrected chi connectivity index (χ4v) is 0.612. The van der Waals surface area contributed by atoms with Gasteiger partial charge in [0.2, 0.25) is 6.10 Å². The zero-order valence-corrected chi connectivity index (χ0v) is 8.37. The van der Waals surface area contributed by atoms with Gasteiger partial charge in [-0.05, 0) is 20.8 Å². The van der Waals surface area contributed by atoms with Crippen molar-refractivity contribution < 1.29 is 23.5 Å². The van der Waals surface area contributed by atoms with E-state index in [1.807, 2.05) is 0 Å². The average molecular weight is 207 g/mol. The highest BCUT2D eigenvalue weighted by Gasteiger charge is 2.24. The Morgan fingerprint density at radius 2 is 1.93 bits per heavy atom. The van der Waals surface area contributed by atoms with Gasteiger partial charge >= 0.3 is 12.1 Å². The number of hydrogen-bond donors (Lipinski definition) is 1. The number of nitrogens with two attached hydrogens (primary N) is 1. The number of rotatable bonds is 4. The summed E-state index contributed by atoms with van der Waals surface area (Å²) in [5.41, 5.74) is 4.09. The first-order valence-electron chi connectivity index (χ1n) is 4.02. The molecule has 0 aliphatic rings. The van der Waals surface area contributed by atoms with E-state index >= 15 is 0 Å². The van der Waals surface area contributed by atoms with Crippen LogP contribution < -0.4 is 5.73 Å². The molecule has 0 spiro atoms. The first-order chi connectivity index (χ1) is 6.22. The SMILES string of the molecule is CC(C)(C)OC[C@H](OC(N)=O)C(=O)F. The summed E-state index contributed by atoms with van der Waals surface area (Å²) in [4.78, 5) is 20.6. The van der Waals surface area contributed by atoms with Crippen LogP contribution in [-0.4, -0.2) is 30.4 Å². The van der Waals surface area contributed by atoms with Crippen molar-refractivity contribution >= 4 is 12.1 Å². The van der Waals surface area contributed by atoms with Gasteiger partial charge in [0, 0.05) is 0 Å². The number of carbonyl (C=O) groups is 2. The fourth-order valence-electron chi connectivity index (χ4n) is 0.612. The second-order valence-electron chi connectivity index (χ2n) is 3.65. The molecule has 0 aromatic heterocycles. The van der Waals surface area contributed by atoms with E-state index < -0.39 is 23.8 Å². The molecule has 0 aliphatic carbocycles.